The first kappa shape index (κ1) is 33.1. The van der Waals surface area contributed by atoms with Crippen LogP contribution >= 0.6 is 0 Å². The van der Waals surface area contributed by atoms with Gasteiger partial charge in [0.2, 0.25) is 16.6 Å². The van der Waals surface area contributed by atoms with Crippen molar-refractivity contribution in [1.29, 1.82) is 0 Å². The van der Waals surface area contributed by atoms with Gasteiger partial charge in [-0.25, -0.2) is 23.8 Å². The molecule has 2 fully saturated rings. The van der Waals surface area contributed by atoms with Gasteiger partial charge in [-0.15, -0.1) is 0 Å². The Kier molecular flexibility index (Phi) is 9.13. The maximum atomic E-state index is 13.5. The molecular weight excluding hydrogens is 624 g/mol. The van der Waals surface area contributed by atoms with Crippen LogP contribution in [0.5, 0.6) is 6.01 Å². The van der Waals surface area contributed by atoms with E-state index in [1.54, 1.807) is 0 Å². The largest absolute Gasteiger partial charge is 0.462 e. The molecule has 3 aromatic rings. The van der Waals surface area contributed by atoms with Crippen molar-refractivity contribution in [2.24, 2.45) is 0 Å². The Morgan fingerprint density at radius 2 is 1.91 bits per heavy atom. The fourth-order valence-electron chi connectivity index (χ4n) is 7.00. The molecule has 10 nitrogen and oxygen atoms in total. The number of nitrogens with zero attached hydrogens (tertiary/aromatic N) is 7. The van der Waals surface area contributed by atoms with E-state index in [2.05, 4.69) is 59.6 Å². The van der Waals surface area contributed by atoms with Crippen molar-refractivity contribution in [2.45, 2.75) is 63.7 Å². The first-order valence-corrected chi connectivity index (χ1v) is 17.5. The lowest BCUT2D eigenvalue weighted by Crippen LogP contribution is -2.56. The van der Waals surface area contributed by atoms with Crippen LogP contribution < -0.4 is 14.5 Å². The zero-order valence-corrected chi connectivity index (χ0v) is 27.9. The Morgan fingerprint density at radius 3 is 2.62 bits per heavy atom. The SMILES string of the molecule is [C-]#[N+]C[C@H]1CN(c2nc(OC[C@H](C)N(C)C3CC(F)(F)C3)nc3c2CCN(c2cccc4cccc(C)c24)C3)CCN1S(=O)(=O)C=C. The van der Waals surface area contributed by atoms with Crippen LogP contribution in [0.4, 0.5) is 20.3 Å². The maximum Gasteiger partial charge on any atom is 0.318 e. The number of hydrogen-bond donors (Lipinski definition) is 0. The standard InChI is InChI=1S/C34H41F2N7O3S/c1-6-47(44,45)43-16-15-42(20-27(43)19-37-4)32-28-13-14-41(30-12-8-11-25-10-7-9-23(2)31(25)30)21-29(28)38-33(39-32)46-22-24(3)40(5)26-17-34(35,36)18-26/h6-12,24,26-27H,1,13-22H2,2-3,5H3/t24-,27-/m0/s1. The number of piperazine rings is 1. The summed E-state index contributed by atoms with van der Waals surface area (Å²) >= 11 is 0. The molecule has 1 aromatic heterocycles. The molecule has 250 valence electrons. The average molecular weight is 666 g/mol. The highest BCUT2D eigenvalue weighted by Gasteiger charge is 2.47. The lowest BCUT2D eigenvalue weighted by Gasteiger charge is -2.43. The molecule has 3 aliphatic rings. The minimum absolute atomic E-state index is 0.0124. The number of likely N-dealkylation sites (N-methyl/N-ethyl adjacent to an activating group) is 1. The van der Waals surface area contributed by atoms with Gasteiger partial charge in [0.25, 0.3) is 5.92 Å². The quantitative estimate of drug-likeness (QED) is 0.284. The first-order valence-electron chi connectivity index (χ1n) is 16.0. The Labute approximate surface area is 275 Å². The summed E-state index contributed by atoms with van der Waals surface area (Å²) in [5.74, 6) is -1.92. The molecule has 6 rings (SSSR count). The lowest BCUT2D eigenvalue weighted by molar-refractivity contribution is -0.127. The van der Waals surface area contributed by atoms with Gasteiger partial charge in [0.15, 0.2) is 0 Å². The van der Waals surface area contributed by atoms with Crippen LogP contribution in [0.1, 0.15) is 36.6 Å². The highest BCUT2D eigenvalue weighted by atomic mass is 32.2. The summed E-state index contributed by atoms with van der Waals surface area (Å²) in [5, 5.41) is 3.30. The van der Waals surface area contributed by atoms with E-state index < -0.39 is 22.0 Å². The number of sulfonamides is 1. The summed E-state index contributed by atoms with van der Waals surface area (Å²) in [7, 11) is -1.87. The number of fused-ring (bicyclic) bond motifs is 2. The van der Waals surface area contributed by atoms with Crippen molar-refractivity contribution in [3.05, 3.63) is 76.6 Å². The van der Waals surface area contributed by atoms with Gasteiger partial charge in [0.05, 0.1) is 12.2 Å². The molecule has 2 aliphatic heterocycles. The number of anilines is 2. The summed E-state index contributed by atoms with van der Waals surface area (Å²) in [6, 6.07) is 11.9. The second kappa shape index (κ2) is 13.0. The number of hydrogen-bond acceptors (Lipinski definition) is 8. The number of ether oxygens (including phenoxy) is 1. The molecule has 0 bridgehead atoms. The summed E-state index contributed by atoms with van der Waals surface area (Å²) in [6.45, 7) is 17.4. The van der Waals surface area contributed by atoms with Gasteiger partial charge in [0, 0.05) is 73.1 Å². The first-order chi connectivity index (χ1) is 22.4. The third-order valence-electron chi connectivity index (χ3n) is 9.82. The van der Waals surface area contributed by atoms with E-state index in [1.165, 1.54) is 20.6 Å². The smallest absolute Gasteiger partial charge is 0.318 e. The predicted octanol–water partition coefficient (Wildman–Crippen LogP) is 4.88. The monoisotopic (exact) mass is 665 g/mol. The molecule has 13 heteroatoms. The average Bonchev–Trinajstić information content (AvgIpc) is 3.05. The molecular formula is C34H41F2N7O3S. The van der Waals surface area contributed by atoms with Crippen LogP contribution in [-0.2, 0) is 23.0 Å². The molecule has 47 heavy (non-hydrogen) atoms. The van der Waals surface area contributed by atoms with E-state index in [0.717, 1.165) is 28.9 Å². The van der Waals surface area contributed by atoms with Gasteiger partial charge in [-0.2, -0.15) is 14.3 Å². The van der Waals surface area contributed by atoms with Crippen LogP contribution in [0.25, 0.3) is 15.6 Å². The Bertz CT molecular complexity index is 1800. The summed E-state index contributed by atoms with van der Waals surface area (Å²) < 4.78 is 60.2. The van der Waals surface area contributed by atoms with E-state index in [9.17, 15) is 17.2 Å². The van der Waals surface area contributed by atoms with Gasteiger partial charge >= 0.3 is 6.01 Å². The van der Waals surface area contributed by atoms with Gasteiger partial charge in [-0.3, -0.25) is 4.90 Å². The van der Waals surface area contributed by atoms with Gasteiger partial charge in [0.1, 0.15) is 18.5 Å². The van der Waals surface area contributed by atoms with Crippen molar-refractivity contribution in [2.75, 3.05) is 56.2 Å². The molecule has 0 N–H and O–H groups in total. The highest BCUT2D eigenvalue weighted by Crippen LogP contribution is 2.41. The summed E-state index contributed by atoms with van der Waals surface area (Å²) in [6.07, 6.45) is 0.354. The predicted molar refractivity (Wildman–Crippen MR) is 179 cm³/mol. The maximum absolute atomic E-state index is 13.5. The molecule has 1 aliphatic carbocycles. The lowest BCUT2D eigenvalue weighted by atomic mass is 9.86. The number of aromatic nitrogens is 2. The topological polar surface area (TPSA) is 86.5 Å². The van der Waals surface area contributed by atoms with E-state index >= 15 is 0 Å². The molecule has 2 aromatic carbocycles. The fourth-order valence-corrected chi connectivity index (χ4v) is 8.07. The van der Waals surface area contributed by atoms with Gasteiger partial charge in [-0.1, -0.05) is 36.9 Å². The fraction of sp³-hybridized carbons (Fsp3) is 0.500. The molecule has 0 unspecified atom stereocenters. The third kappa shape index (κ3) is 6.64. The molecule has 0 spiro atoms. The molecule has 1 saturated carbocycles. The van der Waals surface area contributed by atoms with E-state index in [0.29, 0.717) is 31.9 Å². The van der Waals surface area contributed by atoms with Crippen molar-refractivity contribution in [3.8, 4) is 6.01 Å². The number of alkyl halides is 2. The molecule has 1 saturated heterocycles. The van der Waals surface area contributed by atoms with Crippen LogP contribution in [0, 0.1) is 13.5 Å². The Morgan fingerprint density at radius 1 is 1.17 bits per heavy atom. The van der Waals surface area contributed by atoms with Crippen molar-refractivity contribution in [1.82, 2.24) is 19.2 Å². The number of rotatable bonds is 10. The van der Waals surface area contributed by atoms with Gasteiger partial charge in [-0.05, 0) is 44.3 Å². The Hall–Kier alpha value is -3.86. The molecule has 2 atom stereocenters. The second-order valence-corrected chi connectivity index (χ2v) is 14.7. The summed E-state index contributed by atoms with van der Waals surface area (Å²) in [4.78, 5) is 19.6. The molecule has 0 amide bonds. The molecule has 3 heterocycles. The minimum atomic E-state index is -3.71. The minimum Gasteiger partial charge on any atom is -0.462 e. The van der Waals surface area contributed by atoms with Crippen molar-refractivity contribution in [3.63, 3.8) is 0 Å². The second-order valence-electron chi connectivity index (χ2n) is 12.9. The zero-order chi connectivity index (χ0) is 33.5. The third-order valence-corrected chi connectivity index (χ3v) is 11.4. The molecule has 0 radical (unpaired) electrons. The number of benzene rings is 2. The van der Waals surface area contributed by atoms with E-state index in [4.69, 9.17) is 21.3 Å². The number of halogens is 2. The van der Waals surface area contributed by atoms with Crippen LogP contribution in [-0.4, -0.2) is 98.0 Å². The number of aryl methyl sites for hydroxylation is 1. The highest BCUT2D eigenvalue weighted by molar-refractivity contribution is 7.92. The van der Waals surface area contributed by atoms with Crippen LogP contribution in [0.15, 0.2) is 48.4 Å². The van der Waals surface area contributed by atoms with Crippen LogP contribution in [0.2, 0.25) is 0 Å². The van der Waals surface area contributed by atoms with Crippen molar-refractivity contribution < 1.29 is 21.9 Å². The summed E-state index contributed by atoms with van der Waals surface area (Å²) in [5.41, 5.74) is 4.12. The van der Waals surface area contributed by atoms with Crippen LogP contribution in [0.3, 0.4) is 0 Å². The van der Waals surface area contributed by atoms with Gasteiger partial charge < -0.3 is 19.4 Å². The zero-order valence-electron chi connectivity index (χ0n) is 27.1. The Balaban J connectivity index is 1.31. The normalized spacial score (nSPS) is 20.8. The van der Waals surface area contributed by atoms with E-state index in [-0.39, 0.29) is 50.6 Å². The van der Waals surface area contributed by atoms with E-state index in [1.807, 2.05) is 23.8 Å². The van der Waals surface area contributed by atoms with Crippen molar-refractivity contribution >= 4 is 32.3 Å².